The highest BCUT2D eigenvalue weighted by Crippen LogP contribution is 2.18. The first kappa shape index (κ1) is 16.6. The van der Waals surface area contributed by atoms with Crippen molar-refractivity contribution in [1.82, 2.24) is 20.2 Å². The van der Waals surface area contributed by atoms with E-state index in [0.29, 0.717) is 11.4 Å². The van der Waals surface area contributed by atoms with Gasteiger partial charge in [0, 0.05) is 0 Å². The lowest BCUT2D eigenvalue weighted by Gasteiger charge is -2.26. The van der Waals surface area contributed by atoms with Gasteiger partial charge in [-0.15, -0.1) is 15.0 Å². The third kappa shape index (κ3) is 4.10. The summed E-state index contributed by atoms with van der Waals surface area (Å²) in [6, 6.07) is 6.10. The third-order valence-electron chi connectivity index (χ3n) is 3.20. The molecule has 0 saturated carbocycles. The number of ketones is 1. The van der Waals surface area contributed by atoms with Crippen molar-refractivity contribution in [1.29, 1.82) is 0 Å². The molecule has 0 saturated heterocycles. The summed E-state index contributed by atoms with van der Waals surface area (Å²) < 4.78 is 4.88. The zero-order valence-corrected chi connectivity index (χ0v) is 12.9. The van der Waals surface area contributed by atoms with Gasteiger partial charge in [0.2, 0.25) is 0 Å². The Bertz CT molecular complexity index is 656. The summed E-state index contributed by atoms with van der Waals surface area (Å²) in [7, 11) is 0. The molecule has 0 aliphatic carbocycles. The van der Waals surface area contributed by atoms with Crippen LogP contribution < -0.4 is 10.9 Å². The number of carbonyl (C=O) groups excluding carboxylic acids is 2. The fourth-order valence-electron chi connectivity index (χ4n) is 2.04. The topological polar surface area (TPSA) is 116 Å². The van der Waals surface area contributed by atoms with Crippen molar-refractivity contribution < 1.29 is 14.3 Å². The highest BCUT2D eigenvalue weighted by atomic mass is 16.5. The molecule has 0 bridgehead atoms. The molecule has 0 radical (unpaired) electrons. The molecule has 2 aromatic rings. The predicted octanol–water partition coefficient (Wildman–Crippen LogP) is 0.253. The van der Waals surface area contributed by atoms with Crippen molar-refractivity contribution >= 4 is 17.4 Å². The van der Waals surface area contributed by atoms with Crippen molar-refractivity contribution in [3.05, 3.63) is 30.6 Å². The molecule has 0 amide bonds. The molecular formula is C14H18N6O3. The van der Waals surface area contributed by atoms with Crippen LogP contribution in [0.4, 0.5) is 5.69 Å². The minimum absolute atomic E-state index is 0.105. The Morgan fingerprint density at radius 2 is 2.04 bits per heavy atom. The van der Waals surface area contributed by atoms with Crippen molar-refractivity contribution in [3.63, 3.8) is 0 Å². The van der Waals surface area contributed by atoms with Crippen LogP contribution in [0.3, 0.4) is 0 Å². The normalized spacial score (nSPS) is 11.8. The van der Waals surface area contributed by atoms with E-state index >= 15 is 0 Å². The molecule has 1 aromatic heterocycles. The summed E-state index contributed by atoms with van der Waals surface area (Å²) in [6.07, 6.45) is 1.22. The number of tetrazole rings is 1. The van der Waals surface area contributed by atoms with Gasteiger partial charge >= 0.3 is 5.97 Å². The number of hydrogen-bond acceptors (Lipinski definition) is 8. The number of ether oxygens (including phenoxy) is 1. The summed E-state index contributed by atoms with van der Waals surface area (Å²) in [5.74, 6) is 5.32. The summed E-state index contributed by atoms with van der Waals surface area (Å²) in [6.45, 7) is 3.35. The first-order chi connectivity index (χ1) is 11.0. The van der Waals surface area contributed by atoms with E-state index in [4.69, 9.17) is 10.6 Å². The lowest BCUT2D eigenvalue weighted by atomic mass is 10.1. The molecule has 23 heavy (non-hydrogen) atoms. The minimum atomic E-state index is -0.788. The number of anilines is 1. The van der Waals surface area contributed by atoms with Gasteiger partial charge in [0.25, 0.3) is 0 Å². The number of nitrogens with two attached hydrogens (primary N) is 1. The number of nitrogens with zero attached hydrogens (tertiary/aromatic N) is 5. The maximum atomic E-state index is 11.8. The molecule has 122 valence electrons. The van der Waals surface area contributed by atoms with E-state index in [1.165, 1.54) is 23.1 Å². The van der Waals surface area contributed by atoms with E-state index in [9.17, 15) is 9.59 Å². The van der Waals surface area contributed by atoms with Crippen LogP contribution in [0.15, 0.2) is 30.6 Å². The van der Waals surface area contributed by atoms with Crippen LogP contribution in [0.2, 0.25) is 0 Å². The predicted molar refractivity (Wildman–Crippen MR) is 81.5 cm³/mol. The number of rotatable bonds is 7. The number of carbonyl (C=O) groups is 2. The lowest BCUT2D eigenvalue weighted by molar-refractivity contribution is -0.144. The Labute approximate surface area is 133 Å². The van der Waals surface area contributed by atoms with E-state index in [1.54, 1.807) is 31.2 Å². The van der Waals surface area contributed by atoms with E-state index in [1.807, 2.05) is 0 Å². The summed E-state index contributed by atoms with van der Waals surface area (Å²) in [5, 5.41) is 12.6. The van der Waals surface area contributed by atoms with Gasteiger partial charge in [0.05, 0.1) is 24.4 Å². The molecule has 0 spiro atoms. The highest BCUT2D eigenvalue weighted by Gasteiger charge is 2.25. The van der Waals surface area contributed by atoms with Crippen LogP contribution >= 0.6 is 0 Å². The van der Waals surface area contributed by atoms with E-state index < -0.39 is 12.0 Å². The van der Waals surface area contributed by atoms with Crippen molar-refractivity contribution in [2.75, 3.05) is 11.6 Å². The molecule has 9 heteroatoms. The molecule has 0 aliphatic rings. The molecule has 0 aliphatic heterocycles. The first-order valence-electron chi connectivity index (χ1n) is 7.06. The zero-order chi connectivity index (χ0) is 16.8. The van der Waals surface area contributed by atoms with E-state index in [-0.39, 0.29) is 18.8 Å². The first-order valence-corrected chi connectivity index (χ1v) is 7.06. The molecule has 1 atom stereocenters. The summed E-state index contributed by atoms with van der Waals surface area (Å²) in [5.41, 5.74) is 1.28. The molecule has 9 nitrogen and oxygen atoms in total. The second kappa shape index (κ2) is 7.45. The average Bonchev–Trinajstić information content (AvgIpc) is 3.06. The SMILES string of the molecule is CCOC(=O)CC(C(C)=O)N(N)c1ccc(-n2ncnn2)cc1. The van der Waals surface area contributed by atoms with Gasteiger partial charge in [0.1, 0.15) is 6.04 Å². The second-order valence-electron chi connectivity index (χ2n) is 4.78. The number of Topliss-reactive ketones (excluding diaryl/α,β-unsaturated/α-hetero) is 1. The lowest BCUT2D eigenvalue weighted by Crippen LogP contribution is -2.46. The Morgan fingerprint density at radius 3 is 2.57 bits per heavy atom. The van der Waals surface area contributed by atoms with Crippen LogP contribution in [0.1, 0.15) is 20.3 Å². The third-order valence-corrected chi connectivity index (χ3v) is 3.20. The van der Waals surface area contributed by atoms with Crippen LogP contribution in [0, 0.1) is 0 Å². The quantitative estimate of drug-likeness (QED) is 0.439. The smallest absolute Gasteiger partial charge is 0.308 e. The number of benzene rings is 1. The molecule has 0 fully saturated rings. The Balaban J connectivity index is 2.14. The minimum Gasteiger partial charge on any atom is -0.466 e. The van der Waals surface area contributed by atoms with Crippen molar-refractivity contribution in [2.45, 2.75) is 26.3 Å². The molecular weight excluding hydrogens is 300 g/mol. The number of hydrazine groups is 1. The van der Waals surface area contributed by atoms with Crippen molar-refractivity contribution in [2.24, 2.45) is 5.84 Å². The van der Waals surface area contributed by atoms with E-state index in [2.05, 4.69) is 15.4 Å². The fourth-order valence-corrected chi connectivity index (χ4v) is 2.04. The highest BCUT2D eigenvalue weighted by molar-refractivity contribution is 5.89. The van der Waals surface area contributed by atoms with Gasteiger partial charge in [-0.05, 0) is 43.3 Å². The fraction of sp³-hybridized carbons (Fsp3) is 0.357. The standard InChI is InChI=1S/C14H18N6O3/c1-3-23-14(22)8-13(10(2)21)19(15)11-4-6-12(7-5-11)20-17-9-16-18-20/h4-7,9,13H,3,8,15H2,1-2H3. The molecule has 1 aromatic carbocycles. The van der Waals surface area contributed by atoms with Crippen LogP contribution in [-0.4, -0.2) is 44.6 Å². The van der Waals surface area contributed by atoms with Gasteiger partial charge in [-0.1, -0.05) is 0 Å². The van der Waals surface area contributed by atoms with E-state index in [0.717, 1.165) is 0 Å². The monoisotopic (exact) mass is 318 g/mol. The number of hydrogen-bond donors (Lipinski definition) is 1. The largest absolute Gasteiger partial charge is 0.466 e. The number of esters is 1. The Hall–Kier alpha value is -2.81. The van der Waals surface area contributed by atoms with Gasteiger partial charge in [0.15, 0.2) is 12.1 Å². The average molecular weight is 318 g/mol. The molecule has 2 rings (SSSR count). The maximum absolute atomic E-state index is 11.8. The van der Waals surface area contributed by atoms with Crippen LogP contribution in [-0.2, 0) is 14.3 Å². The summed E-state index contributed by atoms with van der Waals surface area (Å²) >= 11 is 0. The van der Waals surface area contributed by atoms with Crippen LogP contribution in [0.5, 0.6) is 0 Å². The Kier molecular flexibility index (Phi) is 5.36. The van der Waals surface area contributed by atoms with Crippen LogP contribution in [0.25, 0.3) is 5.69 Å². The molecule has 2 N–H and O–H groups in total. The summed E-state index contributed by atoms with van der Waals surface area (Å²) in [4.78, 5) is 24.8. The van der Waals surface area contributed by atoms with Gasteiger partial charge in [-0.3, -0.25) is 14.6 Å². The van der Waals surface area contributed by atoms with Gasteiger partial charge in [-0.2, -0.15) is 0 Å². The molecule has 1 unspecified atom stereocenters. The van der Waals surface area contributed by atoms with Crippen molar-refractivity contribution in [3.8, 4) is 5.69 Å². The maximum Gasteiger partial charge on any atom is 0.308 e. The number of aromatic nitrogens is 4. The Morgan fingerprint density at radius 1 is 1.35 bits per heavy atom. The van der Waals surface area contributed by atoms with Gasteiger partial charge in [-0.25, -0.2) is 5.84 Å². The molecule has 1 heterocycles. The second-order valence-corrected chi connectivity index (χ2v) is 4.78. The zero-order valence-electron chi connectivity index (χ0n) is 12.9. The van der Waals surface area contributed by atoms with Gasteiger partial charge < -0.3 is 4.74 Å².